The van der Waals surface area contributed by atoms with E-state index >= 15 is 0 Å². The van der Waals surface area contributed by atoms with Crippen LogP contribution in [0.2, 0.25) is 0 Å². The topological polar surface area (TPSA) is 98.2 Å². The second-order valence-corrected chi connectivity index (χ2v) is 11.8. The lowest BCUT2D eigenvalue weighted by atomic mass is 9.76. The largest absolute Gasteiger partial charge is 0.507 e. The minimum atomic E-state index is -0.301. The summed E-state index contributed by atoms with van der Waals surface area (Å²) in [5.41, 5.74) is 2.40. The number of nitrogens with one attached hydrogen (secondary N) is 1. The van der Waals surface area contributed by atoms with Crippen molar-refractivity contribution in [2.24, 2.45) is 5.92 Å². The lowest BCUT2D eigenvalue weighted by molar-refractivity contribution is -0.150. The number of nitrogens with zero attached hydrogens (tertiary/aromatic N) is 5. The van der Waals surface area contributed by atoms with Gasteiger partial charge in [-0.3, -0.25) is 9.89 Å². The molecule has 8 heteroatoms. The number of amides is 1. The molecule has 2 aromatic heterocycles. The van der Waals surface area contributed by atoms with Crippen LogP contribution in [0.25, 0.3) is 22.4 Å². The standard InChI is InChI=1S/C30H40N6O2/c1-8-20(2)9-14-28(38)36-29(3,4)16-23(17-30(36,5)6)35(7)27-13-12-25(33-34-27)24-11-10-21(15-26(24)37)22-18-31-32-19-22/h8,10-13,15,18-20,23,37H,1,9,14,16-17H2,2-7H3,(H,31,32). The highest BCUT2D eigenvalue weighted by atomic mass is 16.3. The van der Waals surface area contributed by atoms with Crippen molar-refractivity contribution >= 4 is 11.7 Å². The van der Waals surface area contributed by atoms with E-state index in [4.69, 9.17) is 0 Å². The summed E-state index contributed by atoms with van der Waals surface area (Å²) >= 11 is 0. The number of aromatic nitrogens is 4. The smallest absolute Gasteiger partial charge is 0.223 e. The maximum Gasteiger partial charge on any atom is 0.223 e. The average Bonchev–Trinajstić information content (AvgIpc) is 3.40. The monoisotopic (exact) mass is 516 g/mol. The van der Waals surface area contributed by atoms with Crippen molar-refractivity contribution in [2.75, 3.05) is 11.9 Å². The molecular formula is C30H40N6O2. The molecule has 0 aliphatic carbocycles. The SMILES string of the molecule is C=CC(C)CCC(=O)N1C(C)(C)CC(N(C)c2ccc(-c3ccc(-c4cn[nH]c4)cc3O)nn2)CC1(C)C. The zero-order valence-corrected chi connectivity index (χ0v) is 23.4. The first-order valence-electron chi connectivity index (χ1n) is 13.3. The fourth-order valence-electron chi connectivity index (χ4n) is 5.94. The van der Waals surface area contributed by atoms with E-state index < -0.39 is 0 Å². The number of hydrogen-bond acceptors (Lipinski definition) is 6. The normalized spacial score (nSPS) is 17.7. The summed E-state index contributed by atoms with van der Waals surface area (Å²) in [6, 6.07) is 9.51. The molecular weight excluding hydrogens is 476 g/mol. The molecule has 1 atom stereocenters. The summed E-state index contributed by atoms with van der Waals surface area (Å²) in [5, 5.41) is 26.4. The van der Waals surface area contributed by atoms with Crippen LogP contribution in [-0.4, -0.2) is 60.5 Å². The van der Waals surface area contributed by atoms with Crippen molar-refractivity contribution in [1.82, 2.24) is 25.3 Å². The van der Waals surface area contributed by atoms with Gasteiger partial charge >= 0.3 is 0 Å². The third-order valence-electron chi connectivity index (χ3n) is 7.81. The van der Waals surface area contributed by atoms with Crippen molar-refractivity contribution in [2.45, 2.75) is 77.4 Å². The minimum Gasteiger partial charge on any atom is -0.507 e. The number of allylic oxidation sites excluding steroid dienone is 1. The number of likely N-dealkylation sites (tertiary alicyclic amines) is 1. The third kappa shape index (κ3) is 5.59. The first kappa shape index (κ1) is 27.4. The Labute approximate surface area is 225 Å². The number of aromatic amines is 1. The fraction of sp³-hybridized carbons (Fsp3) is 0.467. The van der Waals surface area contributed by atoms with E-state index in [-0.39, 0.29) is 28.8 Å². The number of hydrogen-bond donors (Lipinski definition) is 2. The van der Waals surface area contributed by atoms with Crippen LogP contribution in [0.15, 0.2) is 55.4 Å². The maximum absolute atomic E-state index is 13.3. The van der Waals surface area contributed by atoms with Crippen LogP contribution in [0.5, 0.6) is 5.75 Å². The summed E-state index contributed by atoms with van der Waals surface area (Å²) in [5.74, 6) is 1.44. The lowest BCUT2D eigenvalue weighted by Gasteiger charge is -2.56. The van der Waals surface area contributed by atoms with Gasteiger partial charge in [-0.05, 0) is 82.7 Å². The first-order valence-corrected chi connectivity index (χ1v) is 13.3. The van der Waals surface area contributed by atoms with Crippen LogP contribution >= 0.6 is 0 Å². The molecule has 3 heterocycles. The van der Waals surface area contributed by atoms with Gasteiger partial charge in [0.25, 0.3) is 0 Å². The Hall–Kier alpha value is -3.68. The van der Waals surface area contributed by atoms with Crippen molar-refractivity contribution in [1.29, 1.82) is 0 Å². The number of H-pyrrole nitrogens is 1. The predicted molar refractivity (Wildman–Crippen MR) is 152 cm³/mol. The average molecular weight is 517 g/mol. The molecule has 3 aromatic rings. The van der Waals surface area contributed by atoms with Crippen molar-refractivity contribution in [3.63, 3.8) is 0 Å². The molecule has 0 saturated carbocycles. The number of phenolic OH excluding ortho intramolecular Hbond substituents is 1. The Balaban J connectivity index is 1.49. The highest BCUT2D eigenvalue weighted by Crippen LogP contribution is 2.41. The van der Waals surface area contributed by atoms with Crippen LogP contribution in [0.1, 0.15) is 60.3 Å². The van der Waals surface area contributed by atoms with E-state index in [1.54, 1.807) is 18.5 Å². The summed E-state index contributed by atoms with van der Waals surface area (Å²) in [7, 11) is 2.04. The number of carbonyl (C=O) groups is 1. The van der Waals surface area contributed by atoms with Crippen LogP contribution in [0.4, 0.5) is 5.82 Å². The highest BCUT2D eigenvalue weighted by molar-refractivity contribution is 5.78. The Kier molecular flexibility index (Phi) is 7.63. The number of phenols is 1. The van der Waals surface area contributed by atoms with E-state index in [1.807, 2.05) is 37.4 Å². The Morgan fingerprint density at radius 3 is 2.45 bits per heavy atom. The number of anilines is 1. The molecule has 0 bridgehead atoms. The van der Waals surface area contributed by atoms with E-state index in [2.05, 4.69) is 71.4 Å². The number of rotatable bonds is 8. The molecule has 38 heavy (non-hydrogen) atoms. The second-order valence-electron chi connectivity index (χ2n) is 11.8. The van der Waals surface area contributed by atoms with Crippen LogP contribution in [-0.2, 0) is 4.79 Å². The van der Waals surface area contributed by atoms with Crippen LogP contribution < -0.4 is 4.90 Å². The molecule has 0 spiro atoms. The molecule has 1 amide bonds. The molecule has 4 rings (SSSR count). The van der Waals surface area contributed by atoms with Gasteiger partial charge in [0.2, 0.25) is 5.91 Å². The molecule has 1 aromatic carbocycles. The summed E-state index contributed by atoms with van der Waals surface area (Å²) in [6.07, 6.45) is 8.41. The molecule has 1 unspecified atom stereocenters. The lowest BCUT2D eigenvalue weighted by Crippen LogP contribution is -2.65. The zero-order valence-electron chi connectivity index (χ0n) is 23.4. The molecule has 1 aliphatic rings. The zero-order chi connectivity index (χ0) is 27.7. The summed E-state index contributed by atoms with van der Waals surface area (Å²) in [4.78, 5) is 17.6. The van der Waals surface area contributed by atoms with Gasteiger partial charge in [-0.1, -0.05) is 19.1 Å². The molecule has 1 aliphatic heterocycles. The van der Waals surface area contributed by atoms with Gasteiger partial charge in [-0.25, -0.2) is 0 Å². The Morgan fingerprint density at radius 1 is 1.18 bits per heavy atom. The molecule has 1 saturated heterocycles. The van der Waals surface area contributed by atoms with Gasteiger partial charge in [0.05, 0.1) is 11.9 Å². The van der Waals surface area contributed by atoms with E-state index in [9.17, 15) is 9.90 Å². The van der Waals surface area contributed by atoms with Gasteiger partial charge in [0.15, 0.2) is 5.82 Å². The van der Waals surface area contributed by atoms with Crippen molar-refractivity contribution < 1.29 is 9.90 Å². The number of carbonyl (C=O) groups excluding carboxylic acids is 1. The van der Waals surface area contributed by atoms with Crippen LogP contribution in [0, 0.1) is 5.92 Å². The highest BCUT2D eigenvalue weighted by Gasteiger charge is 2.48. The van der Waals surface area contributed by atoms with Gasteiger partial charge in [-0.15, -0.1) is 16.8 Å². The Bertz CT molecular complexity index is 1250. The molecule has 1 fully saturated rings. The number of benzene rings is 1. The van der Waals surface area contributed by atoms with Crippen molar-refractivity contribution in [3.05, 3.63) is 55.4 Å². The molecule has 2 N–H and O–H groups in total. The summed E-state index contributed by atoms with van der Waals surface area (Å²) < 4.78 is 0. The number of piperidine rings is 1. The second kappa shape index (κ2) is 10.6. The maximum atomic E-state index is 13.3. The van der Waals surface area contributed by atoms with E-state index in [0.717, 1.165) is 36.2 Å². The third-order valence-corrected chi connectivity index (χ3v) is 7.81. The van der Waals surface area contributed by atoms with Crippen molar-refractivity contribution in [3.8, 4) is 28.1 Å². The van der Waals surface area contributed by atoms with E-state index in [0.29, 0.717) is 23.6 Å². The minimum absolute atomic E-state index is 0.141. The predicted octanol–water partition coefficient (Wildman–Crippen LogP) is 5.83. The van der Waals surface area contributed by atoms with Gasteiger partial charge in [-0.2, -0.15) is 5.10 Å². The number of aromatic hydroxyl groups is 1. The first-order chi connectivity index (χ1) is 17.9. The Morgan fingerprint density at radius 2 is 1.89 bits per heavy atom. The molecule has 8 nitrogen and oxygen atoms in total. The van der Waals surface area contributed by atoms with Crippen LogP contribution in [0.3, 0.4) is 0 Å². The van der Waals surface area contributed by atoms with Gasteiger partial charge in [0, 0.05) is 47.9 Å². The fourth-order valence-corrected chi connectivity index (χ4v) is 5.94. The summed E-state index contributed by atoms with van der Waals surface area (Å²) in [6.45, 7) is 14.6. The van der Waals surface area contributed by atoms with Gasteiger partial charge in [0.1, 0.15) is 5.75 Å². The molecule has 202 valence electrons. The van der Waals surface area contributed by atoms with E-state index in [1.165, 1.54) is 0 Å². The van der Waals surface area contributed by atoms with Gasteiger partial charge < -0.3 is 14.9 Å². The quantitative estimate of drug-likeness (QED) is 0.366. The molecule has 0 radical (unpaired) electrons.